The van der Waals surface area contributed by atoms with Gasteiger partial charge in [0, 0.05) is 10.0 Å². The summed E-state index contributed by atoms with van der Waals surface area (Å²) in [6.07, 6.45) is -2.66. The quantitative estimate of drug-likeness (QED) is 0.918. The van der Waals surface area contributed by atoms with E-state index in [2.05, 4.69) is 15.9 Å². The highest BCUT2D eigenvalue weighted by Crippen LogP contribution is 2.30. The maximum absolute atomic E-state index is 12.6. The summed E-state index contributed by atoms with van der Waals surface area (Å²) in [5.41, 5.74) is -0.0834. The largest absolute Gasteiger partial charge is 0.481 e. The lowest BCUT2D eigenvalue weighted by Crippen LogP contribution is -2.10. The van der Waals surface area contributed by atoms with Crippen LogP contribution in [0.2, 0.25) is 0 Å². The Morgan fingerprint density at radius 2 is 2.00 bits per heavy atom. The van der Waals surface area contributed by atoms with Crippen LogP contribution in [-0.4, -0.2) is 11.1 Å². The Morgan fingerprint density at radius 3 is 2.47 bits per heavy atom. The number of carbonyl (C=O) groups is 1. The van der Waals surface area contributed by atoms with Crippen LogP contribution in [-0.2, 0) is 4.79 Å². The minimum atomic E-state index is -2.66. The molecule has 1 rings (SSSR count). The second-order valence-corrected chi connectivity index (χ2v) is 4.05. The first-order chi connectivity index (χ1) is 6.93. The van der Waals surface area contributed by atoms with Crippen molar-refractivity contribution in [3.63, 3.8) is 0 Å². The smallest absolute Gasteiger partial charge is 0.310 e. The monoisotopic (exact) mass is 278 g/mol. The van der Waals surface area contributed by atoms with E-state index in [9.17, 15) is 13.6 Å². The molecule has 0 aliphatic heterocycles. The van der Waals surface area contributed by atoms with E-state index in [0.717, 1.165) is 0 Å². The van der Waals surface area contributed by atoms with Crippen LogP contribution < -0.4 is 0 Å². The van der Waals surface area contributed by atoms with Crippen LogP contribution in [0.3, 0.4) is 0 Å². The van der Waals surface area contributed by atoms with Crippen molar-refractivity contribution in [1.82, 2.24) is 0 Å². The Kier molecular flexibility index (Phi) is 3.79. The molecule has 0 aliphatic rings. The highest BCUT2D eigenvalue weighted by atomic mass is 79.9. The van der Waals surface area contributed by atoms with Gasteiger partial charge in [0.1, 0.15) is 0 Å². The first kappa shape index (κ1) is 12.1. The predicted octanol–water partition coefficient (Wildman–Crippen LogP) is 3.57. The maximum Gasteiger partial charge on any atom is 0.310 e. The summed E-state index contributed by atoms with van der Waals surface area (Å²) in [5.74, 6) is -2.05. The first-order valence-corrected chi connectivity index (χ1v) is 5.03. The lowest BCUT2D eigenvalue weighted by atomic mass is 9.96. The summed E-state index contributed by atoms with van der Waals surface area (Å²) in [6, 6.07) is 4.13. The van der Waals surface area contributed by atoms with Gasteiger partial charge in [0.05, 0.1) is 5.92 Å². The molecule has 1 aromatic carbocycles. The number of hydrogen-bond donors (Lipinski definition) is 1. The van der Waals surface area contributed by atoms with Gasteiger partial charge in [-0.15, -0.1) is 0 Å². The minimum absolute atomic E-state index is 0.145. The van der Waals surface area contributed by atoms with Gasteiger partial charge in [0.15, 0.2) is 0 Å². The van der Waals surface area contributed by atoms with Gasteiger partial charge in [-0.3, -0.25) is 4.79 Å². The normalized spacial score (nSPS) is 12.9. The zero-order valence-electron chi connectivity index (χ0n) is 7.88. The summed E-state index contributed by atoms with van der Waals surface area (Å²) in [7, 11) is 0. The number of hydrogen-bond acceptors (Lipinski definition) is 1. The molecular formula is C10H9BrF2O2. The van der Waals surface area contributed by atoms with E-state index < -0.39 is 18.3 Å². The van der Waals surface area contributed by atoms with Crippen LogP contribution >= 0.6 is 15.9 Å². The third-order valence-electron chi connectivity index (χ3n) is 2.12. The number of rotatable bonds is 3. The maximum atomic E-state index is 12.6. The van der Waals surface area contributed by atoms with Gasteiger partial charge in [-0.2, -0.15) is 0 Å². The molecule has 0 fully saturated rings. The second kappa shape index (κ2) is 4.70. The highest BCUT2D eigenvalue weighted by molar-refractivity contribution is 9.10. The van der Waals surface area contributed by atoms with E-state index >= 15 is 0 Å². The summed E-state index contributed by atoms with van der Waals surface area (Å²) >= 11 is 3.13. The molecule has 0 bridgehead atoms. The Labute approximate surface area is 94.0 Å². The van der Waals surface area contributed by atoms with Gasteiger partial charge in [-0.05, 0) is 24.6 Å². The summed E-state index contributed by atoms with van der Waals surface area (Å²) in [4.78, 5) is 10.7. The van der Waals surface area contributed by atoms with Crippen LogP contribution in [0.5, 0.6) is 0 Å². The van der Waals surface area contributed by atoms with E-state index in [1.54, 1.807) is 0 Å². The number of alkyl halides is 2. The molecule has 1 N–H and O–H groups in total. The highest BCUT2D eigenvalue weighted by Gasteiger charge is 2.21. The molecule has 82 valence electrons. The second-order valence-electron chi connectivity index (χ2n) is 3.13. The van der Waals surface area contributed by atoms with E-state index in [-0.39, 0.29) is 11.1 Å². The molecule has 0 amide bonds. The number of benzene rings is 1. The number of halogens is 3. The topological polar surface area (TPSA) is 37.3 Å². The van der Waals surface area contributed by atoms with Crippen LogP contribution in [0.25, 0.3) is 0 Å². The van der Waals surface area contributed by atoms with Crippen molar-refractivity contribution in [3.8, 4) is 0 Å². The molecule has 0 radical (unpaired) electrons. The molecule has 5 heteroatoms. The molecule has 0 saturated carbocycles. The Morgan fingerprint density at radius 1 is 1.40 bits per heavy atom. The van der Waals surface area contributed by atoms with Crippen molar-refractivity contribution in [1.29, 1.82) is 0 Å². The number of aliphatic carboxylic acids is 1. The zero-order valence-corrected chi connectivity index (χ0v) is 9.46. The van der Waals surface area contributed by atoms with Crippen LogP contribution in [0.15, 0.2) is 22.7 Å². The molecular weight excluding hydrogens is 270 g/mol. The average Bonchev–Trinajstić information content (AvgIpc) is 2.15. The molecule has 0 spiro atoms. The molecule has 0 aliphatic carbocycles. The molecule has 1 atom stereocenters. The van der Waals surface area contributed by atoms with Gasteiger partial charge < -0.3 is 5.11 Å². The fourth-order valence-corrected chi connectivity index (χ4v) is 1.63. The Hall–Kier alpha value is -0.970. The Balaban J connectivity index is 3.24. The zero-order chi connectivity index (χ0) is 11.6. The van der Waals surface area contributed by atoms with Gasteiger partial charge in [0.25, 0.3) is 6.43 Å². The van der Waals surface area contributed by atoms with E-state index in [1.165, 1.54) is 25.1 Å². The molecule has 1 aromatic rings. The van der Waals surface area contributed by atoms with Crippen molar-refractivity contribution < 1.29 is 18.7 Å². The fourth-order valence-electron chi connectivity index (χ4n) is 1.25. The lowest BCUT2D eigenvalue weighted by Gasteiger charge is -2.12. The van der Waals surface area contributed by atoms with Gasteiger partial charge >= 0.3 is 5.97 Å². The van der Waals surface area contributed by atoms with E-state index in [1.807, 2.05) is 0 Å². The summed E-state index contributed by atoms with van der Waals surface area (Å²) in [5, 5.41) is 8.77. The number of carboxylic acid groups (broad SMARTS) is 1. The van der Waals surface area contributed by atoms with E-state index in [0.29, 0.717) is 4.47 Å². The molecule has 0 heterocycles. The van der Waals surface area contributed by atoms with Crippen molar-refractivity contribution in [3.05, 3.63) is 33.8 Å². The van der Waals surface area contributed by atoms with Gasteiger partial charge in [-0.25, -0.2) is 8.78 Å². The molecule has 2 nitrogen and oxygen atoms in total. The summed E-state index contributed by atoms with van der Waals surface area (Å²) < 4.78 is 25.7. The molecule has 15 heavy (non-hydrogen) atoms. The third-order valence-corrected chi connectivity index (χ3v) is 2.61. The van der Waals surface area contributed by atoms with Crippen LogP contribution in [0.4, 0.5) is 8.78 Å². The van der Waals surface area contributed by atoms with Crippen LogP contribution in [0.1, 0.15) is 30.4 Å². The standard InChI is InChI=1S/C10H9BrF2O2/c1-5(10(14)15)8-4-6(11)2-3-7(8)9(12)13/h2-5,9H,1H3,(H,14,15). The van der Waals surface area contributed by atoms with Gasteiger partial charge in [-0.1, -0.05) is 22.0 Å². The SMILES string of the molecule is CC(C(=O)O)c1cc(Br)ccc1C(F)F. The minimum Gasteiger partial charge on any atom is -0.481 e. The van der Waals surface area contributed by atoms with Crippen LogP contribution in [0, 0.1) is 0 Å². The fraction of sp³-hybridized carbons (Fsp3) is 0.300. The van der Waals surface area contributed by atoms with Crippen molar-refractivity contribution in [2.45, 2.75) is 19.3 Å². The van der Waals surface area contributed by atoms with Crippen molar-refractivity contribution in [2.75, 3.05) is 0 Å². The van der Waals surface area contributed by atoms with E-state index in [4.69, 9.17) is 5.11 Å². The predicted molar refractivity (Wildman–Crippen MR) is 55.1 cm³/mol. The average molecular weight is 279 g/mol. The molecule has 0 saturated heterocycles. The Bertz CT molecular complexity index is 380. The first-order valence-electron chi connectivity index (χ1n) is 4.23. The molecule has 0 aromatic heterocycles. The lowest BCUT2D eigenvalue weighted by molar-refractivity contribution is -0.138. The van der Waals surface area contributed by atoms with Crippen molar-refractivity contribution in [2.24, 2.45) is 0 Å². The van der Waals surface area contributed by atoms with Gasteiger partial charge in [0.2, 0.25) is 0 Å². The molecule has 1 unspecified atom stereocenters. The number of carboxylic acids is 1. The third kappa shape index (κ3) is 2.75. The summed E-state index contributed by atoms with van der Waals surface area (Å²) in [6.45, 7) is 1.38. The van der Waals surface area contributed by atoms with Crippen molar-refractivity contribution >= 4 is 21.9 Å².